The van der Waals surface area contributed by atoms with Crippen molar-refractivity contribution in [2.24, 2.45) is 0 Å². The van der Waals surface area contributed by atoms with Gasteiger partial charge in [-0.05, 0) is 6.92 Å². The summed E-state index contributed by atoms with van der Waals surface area (Å²) in [7, 11) is -1.18. The molecule has 1 aromatic heterocycles. The van der Waals surface area contributed by atoms with Crippen molar-refractivity contribution >= 4 is 10.8 Å². The largest absolute Gasteiger partial charge is 0.354 e. The van der Waals surface area contributed by atoms with Crippen LogP contribution in [0.2, 0.25) is 0 Å². The summed E-state index contributed by atoms with van der Waals surface area (Å²) in [6.45, 7) is 2.03. The first-order valence-electron chi connectivity index (χ1n) is 6.62. The molecule has 0 aliphatic rings. The van der Waals surface area contributed by atoms with E-state index in [2.05, 4.69) is 5.16 Å². The van der Waals surface area contributed by atoms with E-state index in [0.717, 1.165) is 11.1 Å². The predicted molar refractivity (Wildman–Crippen MR) is 84.4 cm³/mol. The first-order valence-corrected chi connectivity index (χ1v) is 8.18. The Kier molecular flexibility index (Phi) is 3.71. The van der Waals surface area contributed by atoms with Crippen LogP contribution in [-0.2, 0) is 10.8 Å². The molecule has 1 heterocycles. The second kappa shape index (κ2) is 5.66. The Balaban J connectivity index is 2.17. The van der Waals surface area contributed by atoms with Gasteiger partial charge in [0.05, 0.1) is 10.8 Å². The highest BCUT2D eigenvalue weighted by molar-refractivity contribution is 7.84. The van der Waals surface area contributed by atoms with Crippen molar-refractivity contribution in [2.45, 2.75) is 11.8 Å². The van der Waals surface area contributed by atoms with Crippen LogP contribution in [0.3, 0.4) is 0 Å². The molecule has 3 aromatic rings. The molecule has 2 aromatic carbocycles. The fourth-order valence-electron chi connectivity index (χ4n) is 2.22. The van der Waals surface area contributed by atoms with Gasteiger partial charge in [-0.15, -0.1) is 0 Å². The zero-order valence-electron chi connectivity index (χ0n) is 11.9. The smallest absolute Gasteiger partial charge is 0.183 e. The molecule has 1 atom stereocenters. The van der Waals surface area contributed by atoms with E-state index in [-0.39, 0.29) is 0 Å². The lowest BCUT2D eigenvalue weighted by Gasteiger charge is -2.02. The minimum Gasteiger partial charge on any atom is -0.354 e. The molecule has 0 saturated heterocycles. The normalized spacial score (nSPS) is 12.3. The van der Waals surface area contributed by atoms with Gasteiger partial charge < -0.3 is 4.52 Å². The van der Waals surface area contributed by atoms with E-state index < -0.39 is 10.8 Å². The van der Waals surface area contributed by atoms with Crippen LogP contribution >= 0.6 is 0 Å². The van der Waals surface area contributed by atoms with Crippen molar-refractivity contribution < 1.29 is 8.73 Å². The minimum absolute atomic E-state index is 0.578. The van der Waals surface area contributed by atoms with Crippen molar-refractivity contribution in [3.8, 4) is 22.6 Å². The fourth-order valence-corrected chi connectivity index (χ4v) is 3.06. The van der Waals surface area contributed by atoms with Gasteiger partial charge in [0.2, 0.25) is 0 Å². The Morgan fingerprint density at radius 1 is 0.952 bits per heavy atom. The maximum absolute atomic E-state index is 12.2. The van der Waals surface area contributed by atoms with Crippen molar-refractivity contribution in [1.29, 1.82) is 0 Å². The lowest BCUT2D eigenvalue weighted by atomic mass is 10.1. The summed E-state index contributed by atoms with van der Waals surface area (Å²) < 4.78 is 17.7. The van der Waals surface area contributed by atoms with E-state index in [1.54, 1.807) is 6.26 Å². The third kappa shape index (κ3) is 2.67. The molecular formula is C17H15NO2S. The average Bonchev–Trinajstić information content (AvgIpc) is 2.94. The van der Waals surface area contributed by atoms with E-state index >= 15 is 0 Å². The van der Waals surface area contributed by atoms with Crippen molar-refractivity contribution in [2.75, 3.05) is 6.26 Å². The molecule has 0 fully saturated rings. The van der Waals surface area contributed by atoms with Gasteiger partial charge in [-0.25, -0.2) is 0 Å². The summed E-state index contributed by atoms with van der Waals surface area (Å²) in [4.78, 5) is 0.644. The lowest BCUT2D eigenvalue weighted by molar-refractivity contribution is 0.433. The summed E-state index contributed by atoms with van der Waals surface area (Å²) in [5.74, 6) is 0.578. The fraction of sp³-hybridized carbons (Fsp3) is 0.118. The Labute approximate surface area is 126 Å². The minimum atomic E-state index is -1.18. The highest BCUT2D eigenvalue weighted by Crippen LogP contribution is 2.34. The second-order valence-electron chi connectivity index (χ2n) is 4.88. The number of hydrogen-bond donors (Lipinski definition) is 0. The number of rotatable bonds is 3. The monoisotopic (exact) mass is 297 g/mol. The quantitative estimate of drug-likeness (QED) is 0.732. The van der Waals surface area contributed by atoms with Crippen LogP contribution in [-0.4, -0.2) is 15.6 Å². The molecule has 0 aliphatic heterocycles. The molecule has 1 unspecified atom stereocenters. The van der Waals surface area contributed by atoms with Crippen LogP contribution in [0.15, 0.2) is 64.0 Å². The average molecular weight is 297 g/mol. The van der Waals surface area contributed by atoms with Crippen LogP contribution in [0.5, 0.6) is 0 Å². The number of benzene rings is 2. The predicted octanol–water partition coefficient (Wildman–Crippen LogP) is 4.05. The maximum Gasteiger partial charge on any atom is 0.183 e. The Morgan fingerprint density at radius 2 is 1.62 bits per heavy atom. The molecule has 3 rings (SSSR count). The molecule has 0 N–H and O–H groups in total. The van der Waals surface area contributed by atoms with Gasteiger partial charge in [0, 0.05) is 17.4 Å². The van der Waals surface area contributed by atoms with Crippen LogP contribution < -0.4 is 0 Å². The van der Waals surface area contributed by atoms with Gasteiger partial charge in [0.15, 0.2) is 5.76 Å². The lowest BCUT2D eigenvalue weighted by Crippen LogP contribution is -1.92. The summed E-state index contributed by atoms with van der Waals surface area (Å²) in [5.41, 5.74) is 3.61. The third-order valence-electron chi connectivity index (χ3n) is 3.30. The van der Waals surface area contributed by atoms with E-state index in [1.165, 1.54) is 5.56 Å². The summed E-state index contributed by atoms with van der Waals surface area (Å²) in [6, 6.07) is 17.6. The number of aryl methyl sites for hydroxylation is 1. The number of aromatic nitrogens is 1. The van der Waals surface area contributed by atoms with Crippen molar-refractivity contribution in [3.63, 3.8) is 0 Å². The first kappa shape index (κ1) is 13.8. The van der Waals surface area contributed by atoms with E-state index in [9.17, 15) is 4.21 Å². The van der Waals surface area contributed by atoms with E-state index in [0.29, 0.717) is 16.3 Å². The summed E-state index contributed by atoms with van der Waals surface area (Å²) >= 11 is 0. The van der Waals surface area contributed by atoms with Crippen molar-refractivity contribution in [3.05, 3.63) is 60.2 Å². The van der Waals surface area contributed by atoms with Gasteiger partial charge in [-0.1, -0.05) is 65.3 Å². The van der Waals surface area contributed by atoms with Crippen molar-refractivity contribution in [1.82, 2.24) is 5.16 Å². The van der Waals surface area contributed by atoms with Crippen LogP contribution in [0, 0.1) is 6.92 Å². The standard InChI is InChI=1S/C17H15NO2S/c1-12-8-10-14(11-9-12)16-17(21(2)19)15(18-20-16)13-6-4-3-5-7-13/h3-11H,1-2H3. The molecule has 0 radical (unpaired) electrons. The van der Waals surface area contributed by atoms with Crippen LogP contribution in [0.4, 0.5) is 0 Å². The molecule has 0 amide bonds. The first-order chi connectivity index (χ1) is 10.2. The molecule has 21 heavy (non-hydrogen) atoms. The Hall–Kier alpha value is -2.20. The summed E-state index contributed by atoms with van der Waals surface area (Å²) in [5, 5.41) is 4.14. The Morgan fingerprint density at radius 3 is 2.24 bits per heavy atom. The van der Waals surface area contributed by atoms with Crippen LogP contribution in [0.25, 0.3) is 22.6 Å². The molecular weight excluding hydrogens is 282 g/mol. The molecule has 0 spiro atoms. The molecule has 4 heteroatoms. The summed E-state index contributed by atoms with van der Waals surface area (Å²) in [6.07, 6.45) is 1.65. The zero-order valence-corrected chi connectivity index (χ0v) is 12.7. The molecule has 0 aliphatic carbocycles. The van der Waals surface area contributed by atoms with E-state index in [4.69, 9.17) is 4.52 Å². The van der Waals surface area contributed by atoms with Crippen LogP contribution in [0.1, 0.15) is 5.56 Å². The molecule has 3 nitrogen and oxygen atoms in total. The molecule has 106 valence electrons. The SMILES string of the molecule is Cc1ccc(-c2onc(-c3ccccc3)c2S(C)=O)cc1. The molecule has 0 bridgehead atoms. The van der Waals surface area contributed by atoms with E-state index in [1.807, 2.05) is 61.5 Å². The zero-order chi connectivity index (χ0) is 14.8. The second-order valence-corrected chi connectivity index (χ2v) is 6.19. The number of hydrogen-bond acceptors (Lipinski definition) is 3. The maximum atomic E-state index is 12.2. The highest BCUT2D eigenvalue weighted by Gasteiger charge is 2.21. The number of nitrogens with zero attached hydrogens (tertiary/aromatic N) is 1. The van der Waals surface area contributed by atoms with Gasteiger partial charge >= 0.3 is 0 Å². The van der Waals surface area contributed by atoms with Gasteiger partial charge in [-0.2, -0.15) is 0 Å². The van der Waals surface area contributed by atoms with Gasteiger partial charge in [0.1, 0.15) is 10.6 Å². The molecule has 0 saturated carbocycles. The highest BCUT2D eigenvalue weighted by atomic mass is 32.2. The Bertz CT molecular complexity index is 776. The van der Waals surface area contributed by atoms with Gasteiger partial charge in [-0.3, -0.25) is 4.21 Å². The third-order valence-corrected chi connectivity index (χ3v) is 4.25. The topological polar surface area (TPSA) is 43.1 Å². The van der Waals surface area contributed by atoms with Gasteiger partial charge in [0.25, 0.3) is 0 Å².